The summed E-state index contributed by atoms with van der Waals surface area (Å²) in [6, 6.07) is 7.34. The van der Waals surface area contributed by atoms with Crippen LogP contribution >= 0.6 is 22.7 Å². The van der Waals surface area contributed by atoms with Gasteiger partial charge in [0.25, 0.3) is 5.91 Å². The van der Waals surface area contributed by atoms with Crippen LogP contribution in [-0.2, 0) is 4.79 Å². The normalized spacial score (nSPS) is 11.6. The number of carbonyl (C=O) groups excluding carboxylic acids is 1. The molecule has 0 aliphatic carbocycles. The summed E-state index contributed by atoms with van der Waals surface area (Å²) in [4.78, 5) is 31.9. The van der Waals surface area contributed by atoms with Crippen molar-refractivity contribution < 1.29 is 14.1 Å². The average Bonchev–Trinajstić information content (AvgIpc) is 3.29. The Balaban J connectivity index is 1.83. The Bertz CT molecular complexity index is 1060. The highest BCUT2D eigenvalue weighted by molar-refractivity contribution is 7.22. The van der Waals surface area contributed by atoms with Crippen LogP contribution in [0, 0.1) is 15.9 Å². The Labute approximate surface area is 174 Å². The minimum absolute atomic E-state index is 0.0214. The second-order valence-corrected chi connectivity index (χ2v) is 8.62. The summed E-state index contributed by atoms with van der Waals surface area (Å²) in [7, 11) is 3.91. The second-order valence-electron chi connectivity index (χ2n) is 6.52. The van der Waals surface area contributed by atoms with Crippen molar-refractivity contribution in [3.8, 4) is 0 Å². The lowest BCUT2D eigenvalue weighted by Gasteiger charge is -2.19. The highest BCUT2D eigenvalue weighted by Crippen LogP contribution is 2.30. The third-order valence-corrected chi connectivity index (χ3v) is 6.05. The van der Waals surface area contributed by atoms with Crippen LogP contribution < -0.4 is 4.90 Å². The summed E-state index contributed by atoms with van der Waals surface area (Å²) in [5, 5.41) is 11.3. The summed E-state index contributed by atoms with van der Waals surface area (Å²) in [6.07, 6.45) is 3.69. The van der Waals surface area contributed by atoms with Crippen molar-refractivity contribution in [2.45, 2.75) is 6.42 Å². The molecule has 3 rings (SSSR count). The Kier molecular flexibility index (Phi) is 6.68. The lowest BCUT2D eigenvalue weighted by atomic mass is 10.3. The van der Waals surface area contributed by atoms with Crippen LogP contribution in [0.2, 0.25) is 0 Å². The van der Waals surface area contributed by atoms with E-state index in [1.54, 1.807) is 23.1 Å². The molecular weight excluding hydrogens is 415 g/mol. The average molecular weight is 435 g/mol. The first-order valence-electron chi connectivity index (χ1n) is 8.78. The van der Waals surface area contributed by atoms with Gasteiger partial charge in [-0.25, -0.2) is 9.37 Å². The summed E-state index contributed by atoms with van der Waals surface area (Å²) in [5.74, 6) is -0.628. The molecule has 2 heterocycles. The zero-order chi connectivity index (χ0) is 21.0. The maximum atomic E-state index is 13.5. The van der Waals surface area contributed by atoms with E-state index in [1.807, 2.05) is 19.0 Å². The first-order valence-corrected chi connectivity index (χ1v) is 10.4. The van der Waals surface area contributed by atoms with E-state index in [0.29, 0.717) is 26.8 Å². The molecule has 0 saturated carbocycles. The maximum absolute atomic E-state index is 13.5. The van der Waals surface area contributed by atoms with E-state index in [0.717, 1.165) is 24.3 Å². The Hall–Kier alpha value is -2.69. The van der Waals surface area contributed by atoms with E-state index in [-0.39, 0.29) is 16.7 Å². The molecule has 7 nitrogen and oxygen atoms in total. The highest BCUT2D eigenvalue weighted by Gasteiger charge is 2.18. The van der Waals surface area contributed by atoms with Crippen LogP contribution in [0.25, 0.3) is 16.3 Å². The molecule has 10 heteroatoms. The molecule has 0 atom stereocenters. The van der Waals surface area contributed by atoms with Gasteiger partial charge in [-0.15, -0.1) is 0 Å². The molecule has 0 bridgehead atoms. The highest BCUT2D eigenvalue weighted by atomic mass is 32.1. The number of thiophene rings is 1. The van der Waals surface area contributed by atoms with Gasteiger partial charge in [0.05, 0.1) is 15.1 Å². The van der Waals surface area contributed by atoms with Crippen LogP contribution in [-0.4, -0.2) is 47.9 Å². The van der Waals surface area contributed by atoms with Gasteiger partial charge in [-0.1, -0.05) is 22.7 Å². The third-order valence-electron chi connectivity index (χ3n) is 4.01. The number of nitrogens with zero attached hydrogens (tertiary/aromatic N) is 4. The number of amides is 1. The van der Waals surface area contributed by atoms with E-state index < -0.39 is 4.92 Å². The molecule has 0 unspecified atom stereocenters. The number of halogens is 1. The number of fused-ring (bicyclic) bond motifs is 1. The predicted molar refractivity (Wildman–Crippen MR) is 115 cm³/mol. The van der Waals surface area contributed by atoms with Gasteiger partial charge in [-0.05, 0) is 57.4 Å². The van der Waals surface area contributed by atoms with Gasteiger partial charge in [-0.2, -0.15) is 0 Å². The van der Waals surface area contributed by atoms with Crippen LogP contribution in [0.3, 0.4) is 0 Å². The smallest absolute Gasteiger partial charge is 0.309 e. The fraction of sp³-hybridized carbons (Fsp3) is 0.263. The fourth-order valence-corrected chi connectivity index (χ4v) is 4.37. The molecular formula is C19H19FN4O3S2. The minimum atomic E-state index is -0.461. The quantitative estimate of drug-likeness (QED) is 0.298. The summed E-state index contributed by atoms with van der Waals surface area (Å²) in [6.45, 7) is 1.25. The van der Waals surface area contributed by atoms with Gasteiger partial charge in [0.2, 0.25) is 0 Å². The number of aromatic nitrogens is 1. The van der Waals surface area contributed by atoms with Crippen molar-refractivity contribution in [2.75, 3.05) is 32.1 Å². The number of carbonyl (C=O) groups is 1. The molecule has 0 fully saturated rings. The maximum Gasteiger partial charge on any atom is 0.324 e. The van der Waals surface area contributed by atoms with Crippen molar-refractivity contribution in [3.05, 3.63) is 57.2 Å². The van der Waals surface area contributed by atoms with Crippen molar-refractivity contribution in [1.29, 1.82) is 0 Å². The van der Waals surface area contributed by atoms with E-state index in [2.05, 4.69) is 4.98 Å². The largest absolute Gasteiger partial charge is 0.324 e. The number of anilines is 1. The minimum Gasteiger partial charge on any atom is -0.309 e. The standard InChI is InChI=1S/C19H19FN4O3S2/c1-22(2)10-3-11-23(19-21-15-7-4-13(20)12-16(15)29-19)17(25)8-5-14-6-9-18(28-14)24(26)27/h4-9,12H,3,10-11H2,1-2H3. The van der Waals surface area contributed by atoms with Gasteiger partial charge in [-0.3, -0.25) is 19.8 Å². The van der Waals surface area contributed by atoms with E-state index in [4.69, 9.17) is 0 Å². The zero-order valence-corrected chi connectivity index (χ0v) is 17.5. The Morgan fingerprint density at radius 3 is 2.72 bits per heavy atom. The molecule has 0 radical (unpaired) electrons. The van der Waals surface area contributed by atoms with Gasteiger partial charge < -0.3 is 4.90 Å². The lowest BCUT2D eigenvalue weighted by Crippen LogP contribution is -2.32. The number of rotatable bonds is 8. The molecule has 0 aliphatic heterocycles. The van der Waals surface area contributed by atoms with E-state index in [1.165, 1.54) is 35.6 Å². The first-order chi connectivity index (χ1) is 13.8. The van der Waals surface area contributed by atoms with Gasteiger partial charge >= 0.3 is 5.00 Å². The predicted octanol–water partition coefficient (Wildman–Crippen LogP) is 4.40. The monoisotopic (exact) mass is 434 g/mol. The first kappa shape index (κ1) is 21.0. The van der Waals surface area contributed by atoms with Crippen molar-refractivity contribution >= 4 is 55.0 Å². The number of hydrogen-bond donors (Lipinski definition) is 0. The third kappa shape index (κ3) is 5.43. The second kappa shape index (κ2) is 9.21. The van der Waals surface area contributed by atoms with Crippen molar-refractivity contribution in [2.24, 2.45) is 0 Å². The molecule has 0 aliphatic rings. The lowest BCUT2D eigenvalue weighted by molar-refractivity contribution is -0.380. The molecule has 1 aromatic carbocycles. The molecule has 152 valence electrons. The van der Waals surface area contributed by atoms with Crippen molar-refractivity contribution in [1.82, 2.24) is 9.88 Å². The molecule has 0 saturated heterocycles. The SMILES string of the molecule is CN(C)CCCN(C(=O)C=Cc1ccc([N+](=O)[O-])s1)c1nc2ccc(F)cc2s1. The fourth-order valence-electron chi connectivity index (χ4n) is 2.62. The number of thiazole rings is 1. The molecule has 2 aromatic heterocycles. The molecule has 0 spiro atoms. The van der Waals surface area contributed by atoms with Crippen LogP contribution in [0.4, 0.5) is 14.5 Å². The van der Waals surface area contributed by atoms with E-state index in [9.17, 15) is 19.3 Å². The summed E-state index contributed by atoms with van der Waals surface area (Å²) < 4.78 is 14.2. The zero-order valence-electron chi connectivity index (χ0n) is 15.9. The van der Waals surface area contributed by atoms with Crippen molar-refractivity contribution in [3.63, 3.8) is 0 Å². The van der Waals surface area contributed by atoms with Gasteiger partial charge in [0.15, 0.2) is 5.13 Å². The van der Waals surface area contributed by atoms with Crippen LogP contribution in [0.1, 0.15) is 11.3 Å². The molecule has 29 heavy (non-hydrogen) atoms. The summed E-state index contributed by atoms with van der Waals surface area (Å²) >= 11 is 2.26. The van der Waals surface area contributed by atoms with Gasteiger partial charge in [0.1, 0.15) is 5.82 Å². The number of hydrogen-bond acceptors (Lipinski definition) is 7. The van der Waals surface area contributed by atoms with E-state index >= 15 is 0 Å². The van der Waals surface area contributed by atoms with Crippen LogP contribution in [0.15, 0.2) is 36.4 Å². The topological polar surface area (TPSA) is 79.6 Å². The molecule has 3 aromatic rings. The molecule has 0 N–H and O–H groups in total. The van der Waals surface area contributed by atoms with Crippen LogP contribution in [0.5, 0.6) is 0 Å². The molecule has 1 amide bonds. The summed E-state index contributed by atoms with van der Waals surface area (Å²) in [5.41, 5.74) is 0.634. The Morgan fingerprint density at radius 2 is 2.03 bits per heavy atom. The Morgan fingerprint density at radius 1 is 1.24 bits per heavy atom. The van der Waals surface area contributed by atoms with Gasteiger partial charge in [0, 0.05) is 23.6 Å². The number of benzene rings is 1. The number of nitro groups is 1.